The molecule has 3 rings (SSSR count). The Morgan fingerprint density at radius 3 is 2.67 bits per heavy atom. The third kappa shape index (κ3) is 4.28. The van der Waals surface area contributed by atoms with E-state index in [9.17, 15) is 9.59 Å². The van der Waals surface area contributed by atoms with Crippen LogP contribution in [-0.2, 0) is 4.79 Å². The van der Waals surface area contributed by atoms with E-state index in [1.165, 1.54) is 19.4 Å². The van der Waals surface area contributed by atoms with Gasteiger partial charge in [-0.05, 0) is 50.1 Å². The highest BCUT2D eigenvalue weighted by Gasteiger charge is 2.30. The lowest BCUT2D eigenvalue weighted by molar-refractivity contribution is -0.131. The molecular formula is C18H24ClN3O2. The maximum atomic E-state index is 12.4. The van der Waals surface area contributed by atoms with E-state index in [2.05, 4.69) is 10.2 Å². The summed E-state index contributed by atoms with van der Waals surface area (Å²) in [4.78, 5) is 29.0. The highest BCUT2D eigenvalue weighted by molar-refractivity contribution is 6.30. The number of benzene rings is 1. The number of nitrogens with zero attached hydrogens (tertiary/aromatic N) is 2. The van der Waals surface area contributed by atoms with Crippen LogP contribution in [0.3, 0.4) is 0 Å². The zero-order chi connectivity index (χ0) is 16.9. The number of carbonyl (C=O) groups is 2. The molecule has 24 heavy (non-hydrogen) atoms. The first-order valence-electron chi connectivity index (χ1n) is 8.69. The normalized spacial score (nSPS) is 21.2. The lowest BCUT2D eigenvalue weighted by Gasteiger charge is -2.25. The summed E-state index contributed by atoms with van der Waals surface area (Å²) in [6.07, 6.45) is 3.83. The molecule has 0 unspecified atom stereocenters. The van der Waals surface area contributed by atoms with E-state index < -0.39 is 0 Å². The first-order valence-corrected chi connectivity index (χ1v) is 9.07. The van der Waals surface area contributed by atoms with Gasteiger partial charge in [0.15, 0.2) is 0 Å². The summed E-state index contributed by atoms with van der Waals surface area (Å²) < 4.78 is 0. The number of hydrogen-bond acceptors (Lipinski definition) is 3. The third-order valence-electron chi connectivity index (χ3n) is 4.89. The Bertz CT molecular complexity index is 590. The van der Waals surface area contributed by atoms with Gasteiger partial charge in [-0.2, -0.15) is 0 Å². The molecule has 0 aromatic heterocycles. The van der Waals surface area contributed by atoms with Crippen molar-refractivity contribution in [2.75, 3.05) is 32.7 Å². The number of amides is 2. The van der Waals surface area contributed by atoms with Gasteiger partial charge in [0, 0.05) is 49.2 Å². The van der Waals surface area contributed by atoms with Crippen LogP contribution in [0.4, 0.5) is 0 Å². The Kier molecular flexibility index (Phi) is 5.74. The summed E-state index contributed by atoms with van der Waals surface area (Å²) in [5.41, 5.74) is 0.559. The number of nitrogens with one attached hydrogen (secondary N) is 1. The maximum Gasteiger partial charge on any atom is 0.251 e. The van der Waals surface area contributed by atoms with Crippen molar-refractivity contribution in [3.05, 3.63) is 34.9 Å². The van der Waals surface area contributed by atoms with Gasteiger partial charge in [-0.3, -0.25) is 14.5 Å². The molecule has 2 aliphatic heterocycles. The molecule has 2 heterocycles. The van der Waals surface area contributed by atoms with Crippen LogP contribution in [0.2, 0.25) is 5.02 Å². The summed E-state index contributed by atoms with van der Waals surface area (Å²) in [5, 5.41) is 3.41. The number of fused-ring (bicyclic) bond motifs is 1. The van der Waals surface area contributed by atoms with Gasteiger partial charge in [-0.1, -0.05) is 11.6 Å². The van der Waals surface area contributed by atoms with Crippen LogP contribution in [0.15, 0.2) is 24.3 Å². The van der Waals surface area contributed by atoms with E-state index in [0.717, 1.165) is 26.1 Å². The summed E-state index contributed by atoms with van der Waals surface area (Å²) >= 11 is 5.81. The molecule has 1 aromatic rings. The SMILES string of the molecule is O=C(NCCC(=O)N1CCCN2CCC[C@H]2C1)c1ccc(Cl)cc1. The number of hydrogen-bond donors (Lipinski definition) is 1. The van der Waals surface area contributed by atoms with Crippen molar-refractivity contribution in [3.63, 3.8) is 0 Å². The molecule has 2 amide bonds. The van der Waals surface area contributed by atoms with Crippen LogP contribution in [-0.4, -0.2) is 60.4 Å². The van der Waals surface area contributed by atoms with Crippen molar-refractivity contribution >= 4 is 23.4 Å². The fourth-order valence-corrected chi connectivity index (χ4v) is 3.70. The Hall–Kier alpha value is -1.59. The van der Waals surface area contributed by atoms with E-state index >= 15 is 0 Å². The summed E-state index contributed by atoms with van der Waals surface area (Å²) in [7, 11) is 0. The molecule has 2 fully saturated rings. The Balaban J connectivity index is 1.45. The second-order valence-corrected chi connectivity index (χ2v) is 6.97. The molecule has 0 bridgehead atoms. The van der Waals surface area contributed by atoms with Crippen LogP contribution in [0.25, 0.3) is 0 Å². The fraction of sp³-hybridized carbons (Fsp3) is 0.556. The minimum atomic E-state index is -0.169. The standard InChI is InChI=1S/C18H24ClN3O2/c19-15-6-4-14(5-7-15)18(24)20-9-8-17(23)22-12-2-11-21-10-1-3-16(21)13-22/h4-7,16H,1-3,8-13H2,(H,20,24)/t16-/m0/s1. The second-order valence-electron chi connectivity index (χ2n) is 6.54. The fourth-order valence-electron chi connectivity index (χ4n) is 3.58. The van der Waals surface area contributed by atoms with Crippen molar-refractivity contribution in [2.24, 2.45) is 0 Å². The lowest BCUT2D eigenvalue weighted by Crippen LogP contribution is -2.40. The smallest absolute Gasteiger partial charge is 0.251 e. The summed E-state index contributed by atoms with van der Waals surface area (Å²) in [6, 6.07) is 7.27. The first-order chi connectivity index (χ1) is 11.6. The molecule has 0 radical (unpaired) electrons. The second kappa shape index (κ2) is 7.99. The highest BCUT2D eigenvalue weighted by atomic mass is 35.5. The molecule has 130 valence electrons. The van der Waals surface area contributed by atoms with Crippen molar-refractivity contribution < 1.29 is 9.59 Å². The zero-order valence-electron chi connectivity index (χ0n) is 13.8. The van der Waals surface area contributed by atoms with E-state index in [1.807, 2.05) is 4.90 Å². The predicted octanol–water partition coefficient (Wildman–Crippen LogP) is 2.16. The molecule has 6 heteroatoms. The largest absolute Gasteiger partial charge is 0.352 e. The van der Waals surface area contributed by atoms with Crippen molar-refractivity contribution in [1.82, 2.24) is 15.1 Å². The van der Waals surface area contributed by atoms with Crippen LogP contribution < -0.4 is 5.32 Å². The molecule has 1 N–H and O–H groups in total. The van der Waals surface area contributed by atoms with Gasteiger partial charge in [-0.15, -0.1) is 0 Å². The van der Waals surface area contributed by atoms with Gasteiger partial charge in [0.1, 0.15) is 0 Å². The third-order valence-corrected chi connectivity index (χ3v) is 5.14. The minimum absolute atomic E-state index is 0.139. The highest BCUT2D eigenvalue weighted by Crippen LogP contribution is 2.21. The molecular weight excluding hydrogens is 326 g/mol. The van der Waals surface area contributed by atoms with Gasteiger partial charge in [0.2, 0.25) is 5.91 Å². The van der Waals surface area contributed by atoms with Gasteiger partial charge >= 0.3 is 0 Å². The molecule has 2 aliphatic rings. The first kappa shape index (κ1) is 17.2. The van der Waals surface area contributed by atoms with Crippen LogP contribution in [0.1, 0.15) is 36.0 Å². The average molecular weight is 350 g/mol. The van der Waals surface area contributed by atoms with Crippen LogP contribution >= 0.6 is 11.6 Å². The van der Waals surface area contributed by atoms with Gasteiger partial charge in [0.25, 0.3) is 5.91 Å². The van der Waals surface area contributed by atoms with Gasteiger partial charge < -0.3 is 10.2 Å². The van der Waals surface area contributed by atoms with Crippen molar-refractivity contribution in [2.45, 2.75) is 31.7 Å². The number of rotatable bonds is 4. The van der Waals surface area contributed by atoms with E-state index in [0.29, 0.717) is 29.6 Å². The van der Waals surface area contributed by atoms with Crippen LogP contribution in [0.5, 0.6) is 0 Å². The number of carbonyl (C=O) groups excluding carboxylic acids is 2. The molecule has 2 saturated heterocycles. The molecule has 1 aromatic carbocycles. The quantitative estimate of drug-likeness (QED) is 0.906. The number of halogens is 1. The molecule has 0 aliphatic carbocycles. The van der Waals surface area contributed by atoms with E-state index in [1.54, 1.807) is 24.3 Å². The molecule has 0 saturated carbocycles. The topological polar surface area (TPSA) is 52.7 Å². The van der Waals surface area contributed by atoms with Gasteiger partial charge in [-0.25, -0.2) is 0 Å². The van der Waals surface area contributed by atoms with Gasteiger partial charge in [0.05, 0.1) is 0 Å². The maximum absolute atomic E-state index is 12.4. The van der Waals surface area contributed by atoms with Crippen molar-refractivity contribution in [1.29, 1.82) is 0 Å². The summed E-state index contributed by atoms with van der Waals surface area (Å²) in [6.45, 7) is 4.30. The monoisotopic (exact) mass is 349 g/mol. The molecule has 1 atom stereocenters. The Morgan fingerprint density at radius 1 is 1.12 bits per heavy atom. The van der Waals surface area contributed by atoms with Crippen molar-refractivity contribution in [3.8, 4) is 0 Å². The Morgan fingerprint density at radius 2 is 1.88 bits per heavy atom. The minimum Gasteiger partial charge on any atom is -0.352 e. The predicted molar refractivity (Wildman–Crippen MR) is 94.2 cm³/mol. The van der Waals surface area contributed by atoms with E-state index in [-0.39, 0.29) is 11.8 Å². The van der Waals surface area contributed by atoms with Crippen LogP contribution in [0, 0.1) is 0 Å². The van der Waals surface area contributed by atoms with E-state index in [4.69, 9.17) is 11.6 Å². The molecule has 5 nitrogen and oxygen atoms in total. The zero-order valence-corrected chi connectivity index (χ0v) is 14.6. The average Bonchev–Trinajstić information content (AvgIpc) is 2.92. The molecule has 0 spiro atoms. The summed E-state index contributed by atoms with van der Waals surface area (Å²) in [5.74, 6) is -0.0301. The lowest BCUT2D eigenvalue weighted by atomic mass is 10.2. The Labute approximate surface area is 147 Å².